The number of aromatic carboxylic acids is 2. The largest absolute Gasteiger partial charge is 0.478 e. The molecule has 0 fully saturated rings. The van der Waals surface area contributed by atoms with Crippen LogP contribution in [-0.4, -0.2) is 31.7 Å². The molecule has 1 aromatic heterocycles. The van der Waals surface area contributed by atoms with Gasteiger partial charge in [-0.2, -0.15) is 0 Å². The van der Waals surface area contributed by atoms with Gasteiger partial charge < -0.3 is 14.8 Å². The minimum absolute atomic E-state index is 0.0277. The highest BCUT2D eigenvalue weighted by molar-refractivity contribution is 5.96. The van der Waals surface area contributed by atoms with Gasteiger partial charge >= 0.3 is 11.9 Å². The highest BCUT2D eigenvalue weighted by Crippen LogP contribution is 2.40. The molecule has 0 spiro atoms. The minimum Gasteiger partial charge on any atom is -0.478 e. The van der Waals surface area contributed by atoms with E-state index in [0.29, 0.717) is 0 Å². The first-order valence-corrected chi connectivity index (χ1v) is 11.7. The van der Waals surface area contributed by atoms with Crippen LogP contribution in [-0.2, 0) is 5.54 Å². The van der Waals surface area contributed by atoms with Crippen molar-refractivity contribution in [2.45, 2.75) is 12.5 Å². The number of carbonyl (C=O) groups is 2. The number of carboxylic acids is 2. The number of aromatic nitrogens is 2. The Kier molecular flexibility index (Phi) is 7.59. The second-order valence-corrected chi connectivity index (χ2v) is 8.37. The number of rotatable bonds is 6. The lowest BCUT2D eigenvalue weighted by atomic mass is 9.77. The molecule has 0 aliphatic rings. The van der Waals surface area contributed by atoms with Crippen molar-refractivity contribution in [1.29, 1.82) is 0 Å². The van der Waals surface area contributed by atoms with E-state index in [1.54, 1.807) is 0 Å². The van der Waals surface area contributed by atoms with E-state index in [0.717, 1.165) is 0 Å². The Bertz CT molecular complexity index is 1340. The van der Waals surface area contributed by atoms with Crippen LogP contribution in [0.3, 0.4) is 0 Å². The van der Waals surface area contributed by atoms with Gasteiger partial charge in [-0.05, 0) is 41.3 Å². The van der Waals surface area contributed by atoms with Gasteiger partial charge in [0.05, 0.1) is 17.5 Å². The third-order valence-electron chi connectivity index (χ3n) is 6.26. The van der Waals surface area contributed by atoms with Crippen molar-refractivity contribution in [3.05, 3.63) is 161 Å². The van der Waals surface area contributed by atoms with Gasteiger partial charge in [-0.3, -0.25) is 0 Å². The molecule has 0 saturated carbocycles. The van der Waals surface area contributed by atoms with Gasteiger partial charge in [-0.15, -0.1) is 0 Å². The summed E-state index contributed by atoms with van der Waals surface area (Å²) in [5.41, 5.74) is 3.52. The summed E-state index contributed by atoms with van der Waals surface area (Å²) in [5, 5.41) is 17.4. The fourth-order valence-corrected chi connectivity index (χ4v) is 4.54. The first kappa shape index (κ1) is 25.1. The summed E-state index contributed by atoms with van der Waals surface area (Å²) in [6.45, 7) is 1.48. The summed E-state index contributed by atoms with van der Waals surface area (Å²) in [5.74, 6) is -2.22. The Labute approximate surface area is 215 Å². The predicted molar refractivity (Wildman–Crippen MR) is 142 cm³/mol. The summed E-state index contributed by atoms with van der Waals surface area (Å²) >= 11 is 0. The van der Waals surface area contributed by atoms with Crippen LogP contribution in [0.2, 0.25) is 0 Å². The molecule has 2 N–H and O–H groups in total. The summed E-state index contributed by atoms with van der Waals surface area (Å²) < 4.78 is 2.19. The monoisotopic (exact) mass is 490 g/mol. The molecular weight excluding hydrogens is 464 g/mol. The summed E-state index contributed by atoms with van der Waals surface area (Å²) in [6, 6.07) is 36.0. The molecule has 4 aromatic carbocycles. The van der Waals surface area contributed by atoms with E-state index < -0.39 is 17.5 Å². The van der Waals surface area contributed by atoms with Crippen LogP contribution < -0.4 is 0 Å². The van der Waals surface area contributed by atoms with E-state index in [-0.39, 0.29) is 16.7 Å². The third kappa shape index (κ3) is 5.04. The van der Waals surface area contributed by atoms with Gasteiger partial charge in [0, 0.05) is 12.4 Å². The summed E-state index contributed by atoms with van der Waals surface area (Å²) in [6.07, 6.45) is 5.77. The van der Waals surface area contributed by atoms with Gasteiger partial charge in [0.2, 0.25) is 0 Å². The molecule has 1 heterocycles. The van der Waals surface area contributed by atoms with Crippen LogP contribution in [0.15, 0.2) is 128 Å². The molecular formula is C31H26N2O4. The van der Waals surface area contributed by atoms with Gasteiger partial charge in [0.25, 0.3) is 0 Å². The lowest BCUT2D eigenvalue weighted by Gasteiger charge is -2.37. The second kappa shape index (κ2) is 11.2. The van der Waals surface area contributed by atoms with E-state index in [1.807, 2.05) is 18.7 Å². The van der Waals surface area contributed by atoms with Crippen molar-refractivity contribution in [3.63, 3.8) is 0 Å². The van der Waals surface area contributed by atoms with Crippen molar-refractivity contribution < 1.29 is 19.8 Å². The van der Waals surface area contributed by atoms with Crippen LogP contribution in [0.4, 0.5) is 0 Å². The zero-order valence-corrected chi connectivity index (χ0v) is 20.2. The predicted octanol–water partition coefficient (Wildman–Crippen LogP) is 6.11. The summed E-state index contributed by atoms with van der Waals surface area (Å²) in [7, 11) is 0. The van der Waals surface area contributed by atoms with E-state index in [9.17, 15) is 9.59 Å². The van der Waals surface area contributed by atoms with Crippen molar-refractivity contribution in [1.82, 2.24) is 9.55 Å². The van der Waals surface area contributed by atoms with Crippen molar-refractivity contribution in [3.8, 4) is 0 Å². The van der Waals surface area contributed by atoms with Crippen LogP contribution in [0, 0.1) is 6.92 Å². The molecule has 0 unspecified atom stereocenters. The molecule has 5 aromatic rings. The molecule has 0 amide bonds. The molecule has 0 atom stereocenters. The normalized spacial score (nSPS) is 10.7. The fraction of sp³-hybridized carbons (Fsp3) is 0.0645. The Morgan fingerprint density at radius 2 is 1.05 bits per heavy atom. The van der Waals surface area contributed by atoms with Gasteiger partial charge in [-0.25, -0.2) is 14.6 Å². The molecule has 5 rings (SSSR count). The molecule has 184 valence electrons. The van der Waals surface area contributed by atoms with Gasteiger partial charge in [-0.1, -0.05) is 97.1 Å². The second-order valence-electron chi connectivity index (χ2n) is 8.37. The highest BCUT2D eigenvalue weighted by atomic mass is 16.4. The Morgan fingerprint density at radius 3 is 1.38 bits per heavy atom. The molecule has 6 nitrogen and oxygen atoms in total. The van der Waals surface area contributed by atoms with Crippen molar-refractivity contribution >= 4 is 11.9 Å². The number of imidazole rings is 1. The lowest BCUT2D eigenvalue weighted by molar-refractivity contribution is 0.0696. The molecule has 0 radical (unpaired) electrons. The standard InChI is InChI=1S/C22H18N2.C9H8O4/c1-4-10-19(11-5-1)22(24-17-16-23-18-24,20-12-6-2-7-13-20)21-14-8-3-9-15-21;1-5-6(8(10)11)3-2-4-7(5)9(12)13/h1-18H;2-4H,1H3,(H,10,11)(H,12,13). The first-order valence-electron chi connectivity index (χ1n) is 11.7. The van der Waals surface area contributed by atoms with E-state index in [1.165, 1.54) is 41.8 Å². The SMILES string of the molecule is Cc1c(C(=O)O)cccc1C(=O)O.c1ccc(C(c2ccccc2)(c2ccccc2)n2ccnc2)cc1. The molecule has 0 bridgehead atoms. The number of hydrogen-bond acceptors (Lipinski definition) is 3. The summed E-state index contributed by atoms with van der Waals surface area (Å²) in [4.78, 5) is 25.5. The van der Waals surface area contributed by atoms with Crippen molar-refractivity contribution in [2.75, 3.05) is 0 Å². The molecule has 6 heteroatoms. The zero-order chi connectivity index (χ0) is 26.3. The number of carboxylic acid groups (broad SMARTS) is 2. The van der Waals surface area contributed by atoms with Crippen LogP contribution >= 0.6 is 0 Å². The van der Waals surface area contributed by atoms with Gasteiger partial charge in [0.1, 0.15) is 5.54 Å². The lowest BCUT2D eigenvalue weighted by Crippen LogP contribution is -2.36. The molecule has 0 saturated heterocycles. The fourth-order valence-electron chi connectivity index (χ4n) is 4.54. The number of nitrogens with zero attached hydrogens (tertiary/aromatic N) is 2. The first-order chi connectivity index (χ1) is 18.0. The maximum absolute atomic E-state index is 10.6. The molecule has 37 heavy (non-hydrogen) atoms. The quantitative estimate of drug-likeness (QED) is 0.280. The topological polar surface area (TPSA) is 92.4 Å². The Hall–Kier alpha value is -4.97. The van der Waals surface area contributed by atoms with Crippen LogP contribution in [0.5, 0.6) is 0 Å². The maximum atomic E-state index is 10.6. The highest BCUT2D eigenvalue weighted by Gasteiger charge is 2.37. The zero-order valence-electron chi connectivity index (χ0n) is 20.2. The molecule has 0 aliphatic heterocycles. The Morgan fingerprint density at radius 1 is 0.649 bits per heavy atom. The minimum atomic E-state index is -1.11. The van der Waals surface area contributed by atoms with E-state index in [4.69, 9.17) is 10.2 Å². The van der Waals surface area contributed by atoms with Gasteiger partial charge in [0.15, 0.2) is 0 Å². The van der Waals surface area contributed by atoms with E-state index in [2.05, 4.69) is 101 Å². The number of benzene rings is 4. The average molecular weight is 491 g/mol. The average Bonchev–Trinajstić information content (AvgIpc) is 3.46. The third-order valence-corrected chi connectivity index (χ3v) is 6.26. The maximum Gasteiger partial charge on any atom is 0.335 e. The smallest absolute Gasteiger partial charge is 0.335 e. The van der Waals surface area contributed by atoms with E-state index >= 15 is 0 Å². The van der Waals surface area contributed by atoms with Crippen LogP contribution in [0.1, 0.15) is 43.0 Å². The molecule has 0 aliphatic carbocycles. The van der Waals surface area contributed by atoms with Crippen LogP contribution in [0.25, 0.3) is 0 Å². The number of hydrogen-bond donors (Lipinski definition) is 2. The Balaban J connectivity index is 0.000000209. The van der Waals surface area contributed by atoms with Crippen molar-refractivity contribution in [2.24, 2.45) is 0 Å².